The Balaban J connectivity index is 1.88. The fourth-order valence-corrected chi connectivity index (χ4v) is 3.15. The molecule has 102 valence electrons. The van der Waals surface area contributed by atoms with E-state index in [0.29, 0.717) is 23.1 Å². The Morgan fingerprint density at radius 2 is 2.15 bits per heavy atom. The molecule has 0 fully saturated rings. The highest BCUT2D eigenvalue weighted by Crippen LogP contribution is 2.32. The van der Waals surface area contributed by atoms with Gasteiger partial charge in [-0.05, 0) is 24.6 Å². The number of hydrogen-bond donors (Lipinski definition) is 1. The number of aromatic nitrogens is 2. The lowest BCUT2D eigenvalue weighted by atomic mass is 10.1. The van der Waals surface area contributed by atoms with Gasteiger partial charge in [0.05, 0.1) is 10.6 Å². The van der Waals surface area contributed by atoms with Crippen molar-refractivity contribution in [1.82, 2.24) is 10.1 Å². The molecular formula is C14H12BrN3OS. The molecule has 0 bridgehead atoms. The van der Waals surface area contributed by atoms with Gasteiger partial charge in [0, 0.05) is 15.8 Å². The third kappa shape index (κ3) is 2.62. The molecule has 0 aliphatic heterocycles. The number of rotatable bonds is 3. The van der Waals surface area contributed by atoms with Crippen LogP contribution in [0, 0.1) is 6.92 Å². The fourth-order valence-electron chi connectivity index (χ4n) is 1.95. The Hall–Kier alpha value is -1.66. The summed E-state index contributed by atoms with van der Waals surface area (Å²) in [5.41, 5.74) is 7.88. The zero-order chi connectivity index (χ0) is 14.1. The van der Waals surface area contributed by atoms with Gasteiger partial charge in [-0.1, -0.05) is 39.3 Å². The first-order chi connectivity index (χ1) is 9.63. The Morgan fingerprint density at radius 3 is 2.85 bits per heavy atom. The molecule has 0 aliphatic rings. The van der Waals surface area contributed by atoms with Gasteiger partial charge in [-0.2, -0.15) is 4.98 Å². The van der Waals surface area contributed by atoms with Crippen molar-refractivity contribution < 1.29 is 4.52 Å². The number of nitrogens with two attached hydrogens (primary N) is 1. The van der Waals surface area contributed by atoms with E-state index >= 15 is 0 Å². The van der Waals surface area contributed by atoms with Crippen molar-refractivity contribution in [3.8, 4) is 11.5 Å². The summed E-state index contributed by atoms with van der Waals surface area (Å²) in [4.78, 5) is 5.55. The maximum Gasteiger partial charge on any atom is 0.260 e. The van der Waals surface area contributed by atoms with E-state index < -0.39 is 0 Å². The normalized spacial score (nSPS) is 10.9. The summed E-state index contributed by atoms with van der Waals surface area (Å²) in [7, 11) is 0. The van der Waals surface area contributed by atoms with Crippen molar-refractivity contribution in [2.24, 2.45) is 0 Å². The SMILES string of the molecule is Cc1cc(-c2nc(Cc3ccccc3Br)no2)c(N)s1. The number of hydrogen-bond acceptors (Lipinski definition) is 5. The summed E-state index contributed by atoms with van der Waals surface area (Å²) in [6.07, 6.45) is 0.619. The Kier molecular flexibility index (Phi) is 3.58. The largest absolute Gasteiger partial charge is 0.390 e. The number of nitrogens with zero attached hydrogens (tertiary/aromatic N) is 2. The van der Waals surface area contributed by atoms with Gasteiger partial charge in [-0.15, -0.1) is 11.3 Å². The minimum absolute atomic E-state index is 0.480. The first-order valence-corrected chi connectivity index (χ1v) is 7.66. The van der Waals surface area contributed by atoms with Gasteiger partial charge in [-0.3, -0.25) is 0 Å². The molecule has 1 aromatic carbocycles. The minimum atomic E-state index is 0.480. The van der Waals surface area contributed by atoms with Crippen LogP contribution < -0.4 is 5.73 Å². The van der Waals surface area contributed by atoms with Crippen molar-refractivity contribution in [1.29, 1.82) is 0 Å². The molecule has 0 spiro atoms. The highest BCUT2D eigenvalue weighted by Gasteiger charge is 2.14. The van der Waals surface area contributed by atoms with Gasteiger partial charge < -0.3 is 10.3 Å². The fraction of sp³-hybridized carbons (Fsp3) is 0.143. The van der Waals surface area contributed by atoms with Crippen LogP contribution >= 0.6 is 27.3 Å². The molecule has 0 atom stereocenters. The van der Waals surface area contributed by atoms with Crippen molar-refractivity contribution >= 4 is 32.3 Å². The zero-order valence-corrected chi connectivity index (χ0v) is 13.2. The molecule has 20 heavy (non-hydrogen) atoms. The lowest BCUT2D eigenvalue weighted by Gasteiger charge is -1.99. The third-order valence-electron chi connectivity index (χ3n) is 2.89. The second kappa shape index (κ2) is 5.38. The lowest BCUT2D eigenvalue weighted by Crippen LogP contribution is -1.92. The lowest BCUT2D eigenvalue weighted by molar-refractivity contribution is 0.424. The first kappa shape index (κ1) is 13.3. The molecule has 0 saturated heterocycles. The summed E-state index contributed by atoms with van der Waals surface area (Å²) < 4.78 is 6.35. The molecule has 4 nitrogen and oxygen atoms in total. The van der Waals surface area contributed by atoms with Crippen molar-refractivity contribution in [2.45, 2.75) is 13.3 Å². The van der Waals surface area contributed by atoms with Crippen LogP contribution in [0.5, 0.6) is 0 Å². The van der Waals surface area contributed by atoms with Crippen molar-refractivity contribution in [3.05, 3.63) is 51.1 Å². The molecule has 2 aromatic heterocycles. The van der Waals surface area contributed by atoms with Crippen LogP contribution in [-0.2, 0) is 6.42 Å². The van der Waals surface area contributed by atoms with E-state index in [1.54, 1.807) is 0 Å². The van der Waals surface area contributed by atoms with Crippen LogP contribution in [0.3, 0.4) is 0 Å². The molecule has 2 N–H and O–H groups in total. The van der Waals surface area contributed by atoms with Crippen molar-refractivity contribution in [3.63, 3.8) is 0 Å². The highest BCUT2D eigenvalue weighted by molar-refractivity contribution is 9.10. The monoisotopic (exact) mass is 349 g/mol. The second-order valence-electron chi connectivity index (χ2n) is 4.42. The van der Waals surface area contributed by atoms with Crippen LogP contribution in [0.25, 0.3) is 11.5 Å². The molecular weight excluding hydrogens is 338 g/mol. The number of halogens is 1. The summed E-state index contributed by atoms with van der Waals surface area (Å²) >= 11 is 5.04. The number of nitrogen functional groups attached to an aromatic ring is 1. The molecule has 0 aliphatic carbocycles. The summed E-state index contributed by atoms with van der Waals surface area (Å²) in [6.45, 7) is 2.00. The molecule has 0 radical (unpaired) electrons. The average Bonchev–Trinajstić information content (AvgIpc) is 2.99. The smallest absolute Gasteiger partial charge is 0.260 e. The van der Waals surface area contributed by atoms with Gasteiger partial charge in [-0.25, -0.2) is 0 Å². The molecule has 6 heteroatoms. The summed E-state index contributed by atoms with van der Waals surface area (Å²) in [5, 5.41) is 4.73. The van der Waals surface area contributed by atoms with Crippen LogP contribution in [0.1, 0.15) is 16.3 Å². The maximum atomic E-state index is 5.94. The topological polar surface area (TPSA) is 64.9 Å². The molecule has 3 rings (SSSR count). The van der Waals surface area contributed by atoms with Crippen LogP contribution in [0.15, 0.2) is 39.3 Å². The molecule has 0 amide bonds. The summed E-state index contributed by atoms with van der Waals surface area (Å²) in [6, 6.07) is 9.96. The van der Waals surface area contributed by atoms with Crippen LogP contribution in [-0.4, -0.2) is 10.1 Å². The number of aryl methyl sites for hydroxylation is 1. The van der Waals surface area contributed by atoms with Crippen LogP contribution in [0.4, 0.5) is 5.00 Å². The number of thiophene rings is 1. The van der Waals surface area contributed by atoms with E-state index in [-0.39, 0.29) is 0 Å². The van der Waals surface area contributed by atoms with E-state index in [0.717, 1.165) is 20.5 Å². The Bertz CT molecular complexity index is 750. The minimum Gasteiger partial charge on any atom is -0.390 e. The van der Waals surface area contributed by atoms with E-state index in [4.69, 9.17) is 10.3 Å². The highest BCUT2D eigenvalue weighted by atomic mass is 79.9. The van der Waals surface area contributed by atoms with E-state index in [9.17, 15) is 0 Å². The number of benzene rings is 1. The van der Waals surface area contributed by atoms with Crippen molar-refractivity contribution in [2.75, 3.05) is 5.73 Å². The molecule has 2 heterocycles. The van der Waals surface area contributed by atoms with Gasteiger partial charge in [0.1, 0.15) is 0 Å². The zero-order valence-electron chi connectivity index (χ0n) is 10.8. The molecule has 0 saturated carbocycles. The standard InChI is InChI=1S/C14H12BrN3OS/c1-8-6-10(13(16)20-8)14-17-12(18-19-14)7-9-4-2-3-5-11(9)15/h2-6H,7,16H2,1H3. The van der Waals surface area contributed by atoms with Gasteiger partial charge >= 0.3 is 0 Å². The van der Waals surface area contributed by atoms with E-state index in [1.807, 2.05) is 37.3 Å². The second-order valence-corrected chi connectivity index (χ2v) is 6.56. The Morgan fingerprint density at radius 1 is 1.35 bits per heavy atom. The first-order valence-electron chi connectivity index (χ1n) is 6.06. The van der Waals surface area contributed by atoms with E-state index in [1.165, 1.54) is 11.3 Å². The quantitative estimate of drug-likeness (QED) is 0.774. The summed E-state index contributed by atoms with van der Waals surface area (Å²) in [5.74, 6) is 1.13. The maximum absolute atomic E-state index is 5.94. The van der Waals surface area contributed by atoms with Gasteiger partial charge in [0.2, 0.25) is 0 Å². The number of anilines is 1. The van der Waals surface area contributed by atoms with Gasteiger partial charge in [0.15, 0.2) is 5.82 Å². The van der Waals surface area contributed by atoms with Gasteiger partial charge in [0.25, 0.3) is 5.89 Å². The van der Waals surface area contributed by atoms with Crippen LogP contribution in [0.2, 0.25) is 0 Å². The third-order valence-corrected chi connectivity index (χ3v) is 4.54. The average molecular weight is 350 g/mol. The predicted molar refractivity (Wildman–Crippen MR) is 83.7 cm³/mol. The molecule has 3 aromatic rings. The van der Waals surface area contributed by atoms with E-state index in [2.05, 4.69) is 26.1 Å². The Labute approximate surface area is 128 Å². The molecule has 0 unspecified atom stereocenters. The predicted octanol–water partition coefficient (Wildman–Crippen LogP) is 4.04.